The van der Waals surface area contributed by atoms with Crippen LogP contribution in [0.15, 0.2) is 24.3 Å². The van der Waals surface area contributed by atoms with E-state index in [1.807, 2.05) is 25.3 Å². The van der Waals surface area contributed by atoms with E-state index in [0.717, 1.165) is 56.7 Å². The van der Waals surface area contributed by atoms with Crippen LogP contribution >= 0.6 is 23.9 Å². The monoisotopic (exact) mass is 513 g/mol. The summed E-state index contributed by atoms with van der Waals surface area (Å²) < 4.78 is 5.67. The van der Waals surface area contributed by atoms with E-state index in [1.54, 1.807) is 29.4 Å². The molecule has 0 heterocycles. The predicted molar refractivity (Wildman–Crippen MR) is 145 cm³/mol. The van der Waals surface area contributed by atoms with Crippen molar-refractivity contribution in [1.82, 2.24) is 19.4 Å². The average molecular weight is 514 g/mol. The highest BCUT2D eigenvalue weighted by Gasteiger charge is 2.15. The molecule has 0 spiro atoms. The van der Waals surface area contributed by atoms with Crippen LogP contribution in [0, 0.1) is 0 Å². The minimum absolute atomic E-state index is 0.117. The molecule has 0 saturated heterocycles. The standard InChI is InChI=1S/C24H43N5O3S2/c1-27(2)22-14-12-21(13-15-22)20-28(24(31)11-6-5-10-23(30)26-32)17-7-8-18-29(34-4)19-9-16-25-33-3/h12-15,25,32H,5-11,16-20H2,1-4H3,(H,26,30). The first-order valence-electron chi connectivity index (χ1n) is 11.9. The van der Waals surface area contributed by atoms with E-state index in [9.17, 15) is 9.59 Å². The Morgan fingerprint density at radius 2 is 1.56 bits per heavy atom. The zero-order chi connectivity index (χ0) is 25.2. The van der Waals surface area contributed by atoms with Crippen molar-refractivity contribution in [3.8, 4) is 0 Å². The van der Waals surface area contributed by atoms with Crippen LogP contribution in [-0.2, 0) is 16.1 Å². The van der Waals surface area contributed by atoms with Gasteiger partial charge in [0.1, 0.15) is 0 Å². The van der Waals surface area contributed by atoms with E-state index in [-0.39, 0.29) is 12.3 Å². The molecule has 0 saturated carbocycles. The van der Waals surface area contributed by atoms with Gasteiger partial charge in [-0.05, 0) is 62.3 Å². The number of hydrogen-bond donors (Lipinski definition) is 3. The summed E-state index contributed by atoms with van der Waals surface area (Å²) in [5.41, 5.74) is 3.89. The second kappa shape index (κ2) is 18.8. The number of carbonyl (C=O) groups is 2. The highest BCUT2D eigenvalue weighted by molar-refractivity contribution is 7.96. The van der Waals surface area contributed by atoms with Crippen LogP contribution in [0.3, 0.4) is 0 Å². The van der Waals surface area contributed by atoms with Gasteiger partial charge in [0, 0.05) is 65.3 Å². The van der Waals surface area contributed by atoms with Gasteiger partial charge in [-0.3, -0.25) is 23.8 Å². The number of benzene rings is 1. The van der Waals surface area contributed by atoms with E-state index in [4.69, 9.17) is 5.21 Å². The Hall–Kier alpha value is -1.46. The van der Waals surface area contributed by atoms with Crippen LogP contribution in [0.1, 0.15) is 50.5 Å². The Morgan fingerprint density at radius 3 is 2.18 bits per heavy atom. The van der Waals surface area contributed by atoms with Crippen LogP contribution in [0.5, 0.6) is 0 Å². The normalized spacial score (nSPS) is 11.0. The van der Waals surface area contributed by atoms with Gasteiger partial charge in [0.05, 0.1) is 0 Å². The Kier molecular flexibility index (Phi) is 16.9. The zero-order valence-corrected chi connectivity index (χ0v) is 22.8. The van der Waals surface area contributed by atoms with Crippen LogP contribution in [0.4, 0.5) is 5.69 Å². The first-order valence-corrected chi connectivity index (χ1v) is 14.3. The van der Waals surface area contributed by atoms with Crippen LogP contribution in [0.25, 0.3) is 0 Å². The summed E-state index contributed by atoms with van der Waals surface area (Å²) in [5, 5.41) is 8.61. The van der Waals surface area contributed by atoms with E-state index in [0.29, 0.717) is 25.8 Å². The largest absolute Gasteiger partial charge is 0.378 e. The lowest BCUT2D eigenvalue weighted by Crippen LogP contribution is -2.32. The fourth-order valence-electron chi connectivity index (χ4n) is 3.50. The van der Waals surface area contributed by atoms with Crippen molar-refractivity contribution in [2.24, 2.45) is 0 Å². The van der Waals surface area contributed by atoms with Gasteiger partial charge < -0.3 is 9.80 Å². The lowest BCUT2D eigenvalue weighted by molar-refractivity contribution is -0.133. The van der Waals surface area contributed by atoms with Gasteiger partial charge in [-0.15, -0.1) is 0 Å². The highest BCUT2D eigenvalue weighted by atomic mass is 32.2. The average Bonchev–Trinajstić information content (AvgIpc) is 2.84. The fourth-order valence-corrected chi connectivity index (χ4v) is 4.47. The number of nitrogens with zero attached hydrogens (tertiary/aromatic N) is 3. The second-order valence-corrected chi connectivity index (χ2v) is 9.97. The highest BCUT2D eigenvalue weighted by Crippen LogP contribution is 2.16. The van der Waals surface area contributed by atoms with Crippen LogP contribution in [0.2, 0.25) is 0 Å². The number of rotatable bonds is 19. The lowest BCUT2D eigenvalue weighted by atomic mass is 10.1. The topological polar surface area (TPSA) is 88.2 Å². The molecule has 34 heavy (non-hydrogen) atoms. The van der Waals surface area contributed by atoms with Gasteiger partial charge in [-0.25, -0.2) is 5.48 Å². The van der Waals surface area contributed by atoms with E-state index < -0.39 is 5.91 Å². The van der Waals surface area contributed by atoms with Crippen LogP contribution in [-0.4, -0.2) is 79.0 Å². The molecule has 2 amide bonds. The molecule has 0 atom stereocenters. The lowest BCUT2D eigenvalue weighted by Gasteiger charge is -2.24. The fraction of sp³-hybridized carbons (Fsp3) is 0.667. The summed E-state index contributed by atoms with van der Waals surface area (Å²) in [5.74, 6) is -0.293. The summed E-state index contributed by atoms with van der Waals surface area (Å²) in [4.78, 5) is 28.2. The van der Waals surface area contributed by atoms with Gasteiger partial charge in [0.2, 0.25) is 11.8 Å². The minimum atomic E-state index is -0.409. The van der Waals surface area contributed by atoms with Crippen molar-refractivity contribution >= 4 is 41.4 Å². The molecule has 0 radical (unpaired) electrons. The first-order chi connectivity index (χ1) is 16.4. The van der Waals surface area contributed by atoms with Crippen molar-refractivity contribution in [1.29, 1.82) is 0 Å². The van der Waals surface area contributed by atoms with E-state index >= 15 is 0 Å². The second-order valence-electron chi connectivity index (χ2n) is 8.39. The number of anilines is 1. The van der Waals surface area contributed by atoms with E-state index in [1.165, 1.54) is 0 Å². The number of unbranched alkanes of at least 4 members (excludes halogenated alkanes) is 2. The minimum Gasteiger partial charge on any atom is -0.378 e. The van der Waals surface area contributed by atoms with Gasteiger partial charge in [-0.1, -0.05) is 36.0 Å². The molecular formula is C24H43N5O3S2. The molecule has 1 rings (SSSR count). The van der Waals surface area contributed by atoms with Gasteiger partial charge >= 0.3 is 0 Å². The molecular weight excluding hydrogens is 470 g/mol. The maximum absolute atomic E-state index is 13.0. The molecule has 0 aliphatic heterocycles. The summed E-state index contributed by atoms with van der Waals surface area (Å²) in [6, 6.07) is 8.32. The molecule has 1 aromatic rings. The summed E-state index contributed by atoms with van der Waals surface area (Å²) in [6.07, 6.45) is 9.12. The molecule has 0 bridgehead atoms. The van der Waals surface area contributed by atoms with Crippen LogP contribution < -0.4 is 15.1 Å². The van der Waals surface area contributed by atoms with Gasteiger partial charge in [0.25, 0.3) is 0 Å². The molecule has 10 heteroatoms. The zero-order valence-electron chi connectivity index (χ0n) is 21.2. The van der Waals surface area contributed by atoms with Crippen molar-refractivity contribution in [2.45, 2.75) is 51.5 Å². The Morgan fingerprint density at radius 1 is 0.912 bits per heavy atom. The third kappa shape index (κ3) is 13.4. The molecule has 0 fully saturated rings. The summed E-state index contributed by atoms with van der Waals surface area (Å²) in [7, 11) is 4.03. The van der Waals surface area contributed by atoms with Gasteiger partial charge in [-0.2, -0.15) is 0 Å². The predicted octanol–water partition coefficient (Wildman–Crippen LogP) is 3.76. The quantitative estimate of drug-likeness (QED) is 0.112. The number of carbonyl (C=O) groups excluding carboxylic acids is 2. The Labute approximate surface area is 214 Å². The number of hydroxylamine groups is 1. The van der Waals surface area contributed by atoms with Crippen molar-refractivity contribution in [2.75, 3.05) is 57.7 Å². The number of hydrogen-bond acceptors (Lipinski definition) is 8. The number of nitrogens with one attached hydrogen (secondary N) is 2. The maximum Gasteiger partial charge on any atom is 0.243 e. The molecule has 0 aromatic heterocycles. The molecule has 1 aromatic carbocycles. The third-order valence-electron chi connectivity index (χ3n) is 5.52. The molecule has 0 unspecified atom stereocenters. The first kappa shape index (κ1) is 30.6. The summed E-state index contributed by atoms with van der Waals surface area (Å²) >= 11 is 3.44. The SMILES string of the molecule is CSNCCCN(CCCCN(Cc1ccc(N(C)C)cc1)C(=O)CCCCC(=O)NO)SC. The van der Waals surface area contributed by atoms with Crippen molar-refractivity contribution in [3.05, 3.63) is 29.8 Å². The Balaban J connectivity index is 2.58. The third-order valence-corrected chi connectivity index (χ3v) is 6.90. The molecule has 194 valence electrons. The molecule has 0 aliphatic carbocycles. The molecule has 8 nitrogen and oxygen atoms in total. The van der Waals surface area contributed by atoms with E-state index in [2.05, 4.69) is 44.4 Å². The van der Waals surface area contributed by atoms with Gasteiger partial charge in [0.15, 0.2) is 0 Å². The summed E-state index contributed by atoms with van der Waals surface area (Å²) in [6.45, 7) is 4.39. The van der Waals surface area contributed by atoms with Crippen molar-refractivity contribution in [3.63, 3.8) is 0 Å². The smallest absolute Gasteiger partial charge is 0.243 e. The Bertz CT molecular complexity index is 692. The molecule has 3 N–H and O–H groups in total. The number of amides is 2. The van der Waals surface area contributed by atoms with Crippen molar-refractivity contribution < 1.29 is 14.8 Å². The maximum atomic E-state index is 13.0. The molecule has 0 aliphatic rings.